The maximum atomic E-state index is 13.0. The fraction of sp³-hybridized carbons (Fsp3) is 0.154. The number of carbonyl (C=O) groups excluding carboxylic acids is 2. The van der Waals surface area contributed by atoms with Gasteiger partial charge in [-0.05, 0) is 43.4 Å². The van der Waals surface area contributed by atoms with Crippen molar-refractivity contribution in [1.82, 2.24) is 10.2 Å². The first-order valence-corrected chi connectivity index (χ1v) is 11.0. The van der Waals surface area contributed by atoms with Crippen LogP contribution in [-0.4, -0.2) is 42.3 Å². The van der Waals surface area contributed by atoms with Crippen LogP contribution in [0, 0.1) is 10.1 Å². The molecule has 0 radical (unpaired) electrons. The molecule has 9 nitrogen and oxygen atoms in total. The number of nitro groups is 1. The molecule has 0 saturated carbocycles. The first kappa shape index (κ1) is 23.7. The highest BCUT2D eigenvalue weighted by Crippen LogP contribution is 2.39. The molecule has 3 aromatic carbocycles. The second kappa shape index (κ2) is 10.2. The third-order valence-corrected chi connectivity index (χ3v) is 5.42. The molecule has 1 aliphatic heterocycles. The Bertz CT molecular complexity index is 1320. The van der Waals surface area contributed by atoms with Gasteiger partial charge >= 0.3 is 0 Å². The number of likely N-dealkylation sites (N-methyl/N-ethyl adjacent to an activating group) is 1. The van der Waals surface area contributed by atoms with Gasteiger partial charge in [0.1, 0.15) is 0 Å². The van der Waals surface area contributed by atoms with Crippen LogP contribution in [0.5, 0.6) is 0 Å². The highest BCUT2D eigenvalue weighted by Gasteiger charge is 2.30. The van der Waals surface area contributed by atoms with Gasteiger partial charge in [0.25, 0.3) is 11.6 Å². The van der Waals surface area contributed by atoms with Crippen molar-refractivity contribution in [3.8, 4) is 0 Å². The second-order valence-corrected chi connectivity index (χ2v) is 8.40. The first-order valence-electron chi connectivity index (χ1n) is 11.0. The molecule has 0 saturated heterocycles. The number of amides is 2. The zero-order valence-corrected chi connectivity index (χ0v) is 19.4. The maximum Gasteiger partial charge on any atom is 0.270 e. The van der Waals surface area contributed by atoms with E-state index in [-0.39, 0.29) is 17.5 Å². The van der Waals surface area contributed by atoms with Crippen molar-refractivity contribution >= 4 is 40.1 Å². The minimum Gasteiger partial charge on any atom is -0.354 e. The summed E-state index contributed by atoms with van der Waals surface area (Å²) in [7, 11) is 3.66. The average Bonchev–Trinajstić information content (AvgIpc) is 3.16. The van der Waals surface area contributed by atoms with Crippen LogP contribution in [0.2, 0.25) is 0 Å². The Balaban J connectivity index is 1.71. The summed E-state index contributed by atoms with van der Waals surface area (Å²) in [5, 5.41) is 20.4. The summed E-state index contributed by atoms with van der Waals surface area (Å²) in [6, 6.07) is 21.1. The summed E-state index contributed by atoms with van der Waals surface area (Å²) in [6.45, 7) is 0.651. The summed E-state index contributed by atoms with van der Waals surface area (Å²) in [4.78, 5) is 37.7. The van der Waals surface area contributed by atoms with Gasteiger partial charge in [-0.25, -0.2) is 0 Å². The lowest BCUT2D eigenvalue weighted by Crippen LogP contribution is -2.32. The SMILES string of the molecule is CN(C)CC(=O)NCc1cccc(NC(=C2C(=O)Nc3ccc([N+](=O)[O-])cc32)c2ccccc2)c1. The van der Waals surface area contributed by atoms with Crippen LogP contribution in [0.1, 0.15) is 16.7 Å². The summed E-state index contributed by atoms with van der Waals surface area (Å²) >= 11 is 0. The maximum absolute atomic E-state index is 13.0. The summed E-state index contributed by atoms with van der Waals surface area (Å²) < 4.78 is 0. The second-order valence-electron chi connectivity index (χ2n) is 8.40. The molecular weight excluding hydrogens is 446 g/mol. The molecule has 0 aromatic heterocycles. The average molecular weight is 472 g/mol. The predicted molar refractivity (Wildman–Crippen MR) is 135 cm³/mol. The lowest BCUT2D eigenvalue weighted by molar-refractivity contribution is -0.384. The van der Waals surface area contributed by atoms with E-state index >= 15 is 0 Å². The van der Waals surface area contributed by atoms with E-state index in [1.54, 1.807) is 4.90 Å². The lowest BCUT2D eigenvalue weighted by Gasteiger charge is -2.16. The number of nitrogens with one attached hydrogen (secondary N) is 3. The molecule has 3 N–H and O–H groups in total. The van der Waals surface area contributed by atoms with Gasteiger partial charge in [-0.3, -0.25) is 19.7 Å². The minimum atomic E-state index is -0.482. The lowest BCUT2D eigenvalue weighted by atomic mass is 9.99. The van der Waals surface area contributed by atoms with Gasteiger partial charge in [-0.2, -0.15) is 0 Å². The van der Waals surface area contributed by atoms with E-state index in [4.69, 9.17) is 0 Å². The van der Waals surface area contributed by atoms with Gasteiger partial charge in [0, 0.05) is 35.6 Å². The number of nitrogens with zero attached hydrogens (tertiary/aromatic N) is 2. The van der Waals surface area contributed by atoms with E-state index < -0.39 is 4.92 Å². The Morgan fingerprint density at radius 2 is 1.80 bits per heavy atom. The molecule has 35 heavy (non-hydrogen) atoms. The highest BCUT2D eigenvalue weighted by molar-refractivity contribution is 6.37. The van der Waals surface area contributed by atoms with Gasteiger partial charge < -0.3 is 20.9 Å². The smallest absolute Gasteiger partial charge is 0.270 e. The van der Waals surface area contributed by atoms with Crippen LogP contribution in [0.15, 0.2) is 72.8 Å². The van der Waals surface area contributed by atoms with Crippen LogP contribution in [-0.2, 0) is 16.1 Å². The normalized spacial score (nSPS) is 13.7. The fourth-order valence-electron chi connectivity index (χ4n) is 3.85. The summed E-state index contributed by atoms with van der Waals surface area (Å²) in [6.07, 6.45) is 0. The number of non-ortho nitro benzene ring substituents is 1. The largest absolute Gasteiger partial charge is 0.354 e. The molecule has 0 aliphatic carbocycles. The van der Waals surface area contributed by atoms with E-state index in [0.29, 0.717) is 41.3 Å². The van der Waals surface area contributed by atoms with Gasteiger partial charge in [0.15, 0.2) is 0 Å². The Hall–Kier alpha value is -4.50. The van der Waals surface area contributed by atoms with Crippen molar-refractivity contribution < 1.29 is 14.5 Å². The highest BCUT2D eigenvalue weighted by atomic mass is 16.6. The molecule has 4 rings (SSSR count). The molecule has 9 heteroatoms. The van der Waals surface area contributed by atoms with Crippen molar-refractivity contribution in [2.45, 2.75) is 6.54 Å². The quantitative estimate of drug-likeness (QED) is 0.262. The molecule has 0 atom stereocenters. The van der Waals surface area contributed by atoms with E-state index in [1.165, 1.54) is 18.2 Å². The number of anilines is 2. The van der Waals surface area contributed by atoms with Gasteiger partial charge in [0.2, 0.25) is 5.91 Å². The number of hydrogen-bond donors (Lipinski definition) is 3. The number of hydrogen-bond acceptors (Lipinski definition) is 6. The summed E-state index contributed by atoms with van der Waals surface area (Å²) in [5.41, 5.74) is 4.07. The van der Waals surface area contributed by atoms with Crippen molar-refractivity contribution in [2.75, 3.05) is 31.3 Å². The summed E-state index contributed by atoms with van der Waals surface area (Å²) in [5.74, 6) is -0.430. The van der Waals surface area contributed by atoms with E-state index in [9.17, 15) is 19.7 Å². The Morgan fingerprint density at radius 3 is 2.51 bits per heavy atom. The van der Waals surface area contributed by atoms with E-state index in [1.807, 2.05) is 68.7 Å². The third-order valence-electron chi connectivity index (χ3n) is 5.42. The minimum absolute atomic E-state index is 0.0821. The van der Waals surface area contributed by atoms with Gasteiger partial charge in [-0.15, -0.1) is 0 Å². The molecule has 0 unspecified atom stereocenters. The van der Waals surface area contributed by atoms with Crippen molar-refractivity contribution in [3.63, 3.8) is 0 Å². The molecule has 2 amide bonds. The Labute approximate surface area is 202 Å². The number of fused-ring (bicyclic) bond motifs is 1. The fourth-order valence-corrected chi connectivity index (χ4v) is 3.85. The van der Waals surface area contributed by atoms with Crippen LogP contribution in [0.25, 0.3) is 11.3 Å². The van der Waals surface area contributed by atoms with Gasteiger partial charge in [-0.1, -0.05) is 42.5 Å². The third kappa shape index (κ3) is 5.53. The number of rotatable bonds is 8. The van der Waals surface area contributed by atoms with Crippen LogP contribution in [0.3, 0.4) is 0 Å². The Kier molecular flexibility index (Phi) is 6.88. The van der Waals surface area contributed by atoms with Crippen LogP contribution in [0.4, 0.5) is 17.1 Å². The van der Waals surface area contributed by atoms with E-state index in [0.717, 1.165) is 11.1 Å². The molecule has 0 spiro atoms. The van der Waals surface area contributed by atoms with E-state index in [2.05, 4.69) is 16.0 Å². The molecular formula is C26H25N5O4. The van der Waals surface area contributed by atoms with Crippen LogP contribution >= 0.6 is 0 Å². The zero-order valence-electron chi connectivity index (χ0n) is 19.4. The van der Waals surface area contributed by atoms with Crippen molar-refractivity contribution in [2.24, 2.45) is 0 Å². The standard InChI is InChI=1S/C26H25N5O4/c1-30(2)16-23(32)27-15-17-7-6-10-19(13-17)28-25(18-8-4-3-5-9-18)24-21-14-20(31(34)35)11-12-22(21)29-26(24)33/h3-14,28H,15-16H2,1-2H3,(H,27,32)(H,29,33). The van der Waals surface area contributed by atoms with Crippen molar-refractivity contribution in [3.05, 3.63) is 99.6 Å². The molecule has 0 fully saturated rings. The predicted octanol–water partition coefficient (Wildman–Crippen LogP) is 3.71. The zero-order chi connectivity index (χ0) is 24.9. The molecule has 0 bridgehead atoms. The number of nitro benzene ring substituents is 1. The number of carbonyl (C=O) groups is 2. The van der Waals surface area contributed by atoms with Crippen LogP contribution < -0.4 is 16.0 Å². The number of benzene rings is 3. The monoisotopic (exact) mass is 471 g/mol. The topological polar surface area (TPSA) is 117 Å². The molecule has 3 aromatic rings. The molecule has 1 heterocycles. The molecule has 178 valence electrons. The Morgan fingerprint density at radius 1 is 1.03 bits per heavy atom. The molecule has 1 aliphatic rings. The van der Waals surface area contributed by atoms with Gasteiger partial charge in [0.05, 0.1) is 22.7 Å². The first-order chi connectivity index (χ1) is 16.8. The van der Waals surface area contributed by atoms with Crippen molar-refractivity contribution in [1.29, 1.82) is 0 Å².